The molecule has 0 heterocycles. The molecule has 0 saturated carbocycles. The topological polar surface area (TPSA) is 78.9 Å². The number of allylic oxidation sites excluding steroid dienone is 6. The summed E-state index contributed by atoms with van der Waals surface area (Å²) in [6.45, 7) is 6.62. The first-order chi connectivity index (χ1) is 32.0. The van der Waals surface area contributed by atoms with Crippen LogP contribution in [0.1, 0.15) is 303 Å². The number of ether oxygens (including phenoxy) is 3. The second-order valence-corrected chi connectivity index (χ2v) is 19.2. The Balaban J connectivity index is 4.36. The number of hydrogen-bond donors (Lipinski definition) is 0. The second kappa shape index (κ2) is 54.2. The molecular weight excluding hydrogens is 805 g/mol. The lowest BCUT2D eigenvalue weighted by Crippen LogP contribution is -2.30. The van der Waals surface area contributed by atoms with Crippen molar-refractivity contribution in [3.05, 3.63) is 36.5 Å². The van der Waals surface area contributed by atoms with Crippen molar-refractivity contribution in [1.82, 2.24) is 0 Å². The van der Waals surface area contributed by atoms with Crippen LogP contribution in [0.15, 0.2) is 36.5 Å². The van der Waals surface area contributed by atoms with Crippen molar-refractivity contribution in [2.24, 2.45) is 0 Å². The maximum Gasteiger partial charge on any atom is 0.306 e. The standard InChI is InChI=1S/C59H108O6/c1-4-7-10-13-16-19-22-25-28-29-32-35-38-41-44-47-50-53-59(62)65-56(54-63-57(60)51-48-45-42-39-36-33-30-26-23-20-17-14-11-8-5-2)55-64-58(61)52-49-46-43-40-37-34-31-27-24-21-18-15-12-9-6-3/h17,20-21,24,26,30,56H,4-16,18-19,22-23,25,27-29,31-55H2,1-3H3/b20-17-,24-21-,30-26-/t56-/m1/s1. The van der Waals surface area contributed by atoms with E-state index < -0.39 is 6.10 Å². The molecule has 0 aromatic heterocycles. The van der Waals surface area contributed by atoms with E-state index in [0.717, 1.165) is 77.0 Å². The Labute approximate surface area is 404 Å². The smallest absolute Gasteiger partial charge is 0.306 e. The molecule has 6 nitrogen and oxygen atoms in total. The Morgan fingerprint density at radius 1 is 0.308 bits per heavy atom. The summed E-state index contributed by atoms with van der Waals surface area (Å²) in [5.41, 5.74) is 0. The summed E-state index contributed by atoms with van der Waals surface area (Å²) >= 11 is 0. The zero-order valence-corrected chi connectivity index (χ0v) is 43.5. The lowest BCUT2D eigenvalue weighted by atomic mass is 10.0. The molecule has 0 radical (unpaired) electrons. The molecule has 6 heteroatoms. The van der Waals surface area contributed by atoms with E-state index in [4.69, 9.17) is 14.2 Å². The van der Waals surface area contributed by atoms with Crippen LogP contribution in [-0.4, -0.2) is 37.2 Å². The molecule has 0 amide bonds. The number of rotatable bonds is 52. The van der Waals surface area contributed by atoms with Gasteiger partial charge in [0.15, 0.2) is 6.10 Å². The van der Waals surface area contributed by atoms with Gasteiger partial charge in [-0.15, -0.1) is 0 Å². The Morgan fingerprint density at radius 3 is 0.908 bits per heavy atom. The minimum atomic E-state index is -0.776. The third-order valence-corrected chi connectivity index (χ3v) is 12.6. The molecule has 0 aromatic rings. The van der Waals surface area contributed by atoms with E-state index in [1.165, 1.54) is 186 Å². The lowest BCUT2D eigenvalue weighted by molar-refractivity contribution is -0.167. The van der Waals surface area contributed by atoms with E-state index in [9.17, 15) is 14.4 Å². The van der Waals surface area contributed by atoms with Crippen LogP contribution < -0.4 is 0 Å². The van der Waals surface area contributed by atoms with Crippen molar-refractivity contribution in [3.8, 4) is 0 Å². The maximum atomic E-state index is 12.8. The van der Waals surface area contributed by atoms with Crippen LogP contribution in [0.25, 0.3) is 0 Å². The van der Waals surface area contributed by atoms with Crippen LogP contribution in [-0.2, 0) is 28.6 Å². The van der Waals surface area contributed by atoms with Gasteiger partial charge in [0.2, 0.25) is 0 Å². The highest BCUT2D eigenvalue weighted by Gasteiger charge is 2.19. The molecule has 65 heavy (non-hydrogen) atoms. The minimum Gasteiger partial charge on any atom is -0.462 e. The monoisotopic (exact) mass is 913 g/mol. The summed E-state index contributed by atoms with van der Waals surface area (Å²) in [6, 6.07) is 0. The van der Waals surface area contributed by atoms with Crippen LogP contribution >= 0.6 is 0 Å². The Kier molecular flexibility index (Phi) is 52.3. The van der Waals surface area contributed by atoms with Crippen molar-refractivity contribution in [3.63, 3.8) is 0 Å². The van der Waals surface area contributed by atoms with Crippen molar-refractivity contribution >= 4 is 17.9 Å². The van der Waals surface area contributed by atoms with Crippen molar-refractivity contribution in [2.45, 2.75) is 309 Å². The molecule has 0 aliphatic rings. The summed E-state index contributed by atoms with van der Waals surface area (Å²) in [5, 5.41) is 0. The summed E-state index contributed by atoms with van der Waals surface area (Å²) < 4.78 is 16.9. The van der Waals surface area contributed by atoms with Gasteiger partial charge in [0.05, 0.1) is 0 Å². The summed E-state index contributed by atoms with van der Waals surface area (Å²) in [4.78, 5) is 38.1. The molecule has 0 aliphatic heterocycles. The predicted molar refractivity (Wildman–Crippen MR) is 279 cm³/mol. The second-order valence-electron chi connectivity index (χ2n) is 19.2. The molecular formula is C59H108O6. The average molecular weight is 914 g/mol. The average Bonchev–Trinajstić information content (AvgIpc) is 3.30. The van der Waals surface area contributed by atoms with Gasteiger partial charge in [-0.3, -0.25) is 14.4 Å². The maximum absolute atomic E-state index is 12.8. The molecule has 0 rings (SSSR count). The van der Waals surface area contributed by atoms with E-state index >= 15 is 0 Å². The highest BCUT2D eigenvalue weighted by molar-refractivity contribution is 5.71. The normalized spacial score (nSPS) is 12.2. The summed E-state index contributed by atoms with van der Waals surface area (Å²) in [6.07, 6.45) is 64.1. The molecule has 0 aliphatic carbocycles. The molecule has 0 aromatic carbocycles. The fourth-order valence-corrected chi connectivity index (χ4v) is 8.29. The number of carbonyl (C=O) groups excluding carboxylic acids is 3. The highest BCUT2D eigenvalue weighted by Crippen LogP contribution is 2.16. The van der Waals surface area contributed by atoms with Gasteiger partial charge in [-0.2, -0.15) is 0 Å². The van der Waals surface area contributed by atoms with Gasteiger partial charge in [0.1, 0.15) is 13.2 Å². The molecule has 0 N–H and O–H groups in total. The van der Waals surface area contributed by atoms with E-state index in [0.29, 0.717) is 19.3 Å². The van der Waals surface area contributed by atoms with Crippen molar-refractivity contribution < 1.29 is 28.6 Å². The first kappa shape index (κ1) is 62.6. The van der Waals surface area contributed by atoms with Crippen molar-refractivity contribution in [1.29, 1.82) is 0 Å². The third-order valence-electron chi connectivity index (χ3n) is 12.6. The summed E-state index contributed by atoms with van der Waals surface area (Å²) in [7, 11) is 0. The SMILES string of the molecule is CCCCC/C=C\C/C=C\CCCCCCCC(=O)OC[C@H](COC(=O)CCCCCCCCC/C=C\CCCCCC)OC(=O)CCCCCCCCCCCCCCCCCCC. The van der Waals surface area contributed by atoms with Gasteiger partial charge in [0, 0.05) is 19.3 Å². The van der Waals surface area contributed by atoms with E-state index in [1.54, 1.807) is 0 Å². The number of hydrogen-bond acceptors (Lipinski definition) is 6. The summed E-state index contributed by atoms with van der Waals surface area (Å²) in [5.74, 6) is -0.877. The Bertz CT molecular complexity index is 1090. The van der Waals surface area contributed by atoms with E-state index in [2.05, 4.69) is 57.2 Å². The van der Waals surface area contributed by atoms with E-state index in [-0.39, 0.29) is 31.1 Å². The van der Waals surface area contributed by atoms with Crippen LogP contribution in [0.2, 0.25) is 0 Å². The highest BCUT2D eigenvalue weighted by atomic mass is 16.6. The molecule has 0 unspecified atom stereocenters. The van der Waals surface area contributed by atoms with Crippen molar-refractivity contribution in [2.75, 3.05) is 13.2 Å². The molecule has 0 fully saturated rings. The minimum absolute atomic E-state index is 0.0756. The van der Waals surface area contributed by atoms with Gasteiger partial charge in [-0.05, 0) is 77.0 Å². The number of carbonyl (C=O) groups is 3. The molecule has 0 spiro atoms. The predicted octanol–water partition coefficient (Wildman–Crippen LogP) is 18.9. The van der Waals surface area contributed by atoms with Gasteiger partial charge < -0.3 is 14.2 Å². The number of unbranched alkanes of at least 4 members (excludes halogenated alkanes) is 35. The molecule has 1 atom stereocenters. The molecule has 380 valence electrons. The molecule has 0 saturated heterocycles. The third kappa shape index (κ3) is 52.5. The van der Waals surface area contributed by atoms with Gasteiger partial charge >= 0.3 is 17.9 Å². The first-order valence-corrected chi connectivity index (χ1v) is 28.5. The Hall–Kier alpha value is -2.37. The quantitative estimate of drug-likeness (QED) is 0.0262. The van der Waals surface area contributed by atoms with Crippen LogP contribution in [0.4, 0.5) is 0 Å². The zero-order chi connectivity index (χ0) is 47.2. The molecule has 0 bridgehead atoms. The Morgan fingerprint density at radius 2 is 0.554 bits per heavy atom. The van der Waals surface area contributed by atoms with E-state index in [1.807, 2.05) is 0 Å². The van der Waals surface area contributed by atoms with Gasteiger partial charge in [0.25, 0.3) is 0 Å². The van der Waals surface area contributed by atoms with Gasteiger partial charge in [-0.1, -0.05) is 243 Å². The van der Waals surface area contributed by atoms with Crippen LogP contribution in [0.3, 0.4) is 0 Å². The number of esters is 3. The fraction of sp³-hybridized carbons (Fsp3) is 0.847. The van der Waals surface area contributed by atoms with Crippen LogP contribution in [0.5, 0.6) is 0 Å². The largest absolute Gasteiger partial charge is 0.462 e. The first-order valence-electron chi connectivity index (χ1n) is 28.5. The lowest BCUT2D eigenvalue weighted by Gasteiger charge is -2.18. The zero-order valence-electron chi connectivity index (χ0n) is 43.5. The van der Waals surface area contributed by atoms with Gasteiger partial charge in [-0.25, -0.2) is 0 Å². The van der Waals surface area contributed by atoms with Crippen LogP contribution in [0, 0.1) is 0 Å². The fourth-order valence-electron chi connectivity index (χ4n) is 8.29.